The van der Waals surface area contributed by atoms with E-state index in [1.807, 2.05) is 6.92 Å². The van der Waals surface area contributed by atoms with Gasteiger partial charge < -0.3 is 15.8 Å². The number of hydrogen-bond donors (Lipinski definition) is 2. The van der Waals surface area contributed by atoms with Crippen molar-refractivity contribution >= 4 is 11.6 Å². The first-order valence-corrected chi connectivity index (χ1v) is 6.20. The minimum Gasteiger partial charge on any atom is -0.483 e. The summed E-state index contributed by atoms with van der Waals surface area (Å²) in [4.78, 5) is 11.4. The van der Waals surface area contributed by atoms with Crippen LogP contribution in [0.25, 0.3) is 0 Å². The number of alkyl halides is 3. The number of benzene rings is 1. The third kappa shape index (κ3) is 4.99. The van der Waals surface area contributed by atoms with Gasteiger partial charge in [0.1, 0.15) is 5.75 Å². The molecule has 0 atom stereocenters. The zero-order chi connectivity index (χ0) is 15.2. The zero-order valence-corrected chi connectivity index (χ0v) is 11.1. The van der Waals surface area contributed by atoms with Crippen molar-refractivity contribution in [1.29, 1.82) is 0 Å². The molecule has 4 nitrogen and oxygen atoms in total. The molecule has 1 amide bonds. The lowest BCUT2D eigenvalue weighted by molar-refractivity contribution is -0.139. The number of anilines is 1. The van der Waals surface area contributed by atoms with Gasteiger partial charge in [-0.2, -0.15) is 13.2 Å². The molecule has 0 saturated carbocycles. The third-order valence-corrected chi connectivity index (χ3v) is 2.52. The summed E-state index contributed by atoms with van der Waals surface area (Å²) in [6.07, 6.45) is -2.86. The number of ether oxygens (including phenoxy) is 1. The van der Waals surface area contributed by atoms with Crippen LogP contribution >= 0.6 is 0 Å². The van der Waals surface area contributed by atoms with Crippen molar-refractivity contribution in [3.05, 3.63) is 23.8 Å². The second-order valence-electron chi connectivity index (χ2n) is 4.25. The number of hydrogen-bond acceptors (Lipinski definition) is 3. The van der Waals surface area contributed by atoms with Crippen molar-refractivity contribution in [1.82, 2.24) is 5.32 Å². The summed E-state index contributed by atoms with van der Waals surface area (Å²) >= 11 is 0. The number of carbonyl (C=O) groups excluding carboxylic acids is 1. The van der Waals surface area contributed by atoms with E-state index in [2.05, 4.69) is 5.32 Å². The van der Waals surface area contributed by atoms with Crippen LogP contribution in [-0.4, -0.2) is 19.1 Å². The number of nitrogens with one attached hydrogen (secondary N) is 1. The lowest BCUT2D eigenvalue weighted by Gasteiger charge is -2.14. The molecule has 0 saturated heterocycles. The molecule has 1 aromatic carbocycles. The molecule has 0 radical (unpaired) electrons. The Morgan fingerprint density at radius 1 is 1.40 bits per heavy atom. The zero-order valence-electron chi connectivity index (χ0n) is 11.1. The minimum atomic E-state index is -4.58. The van der Waals surface area contributed by atoms with E-state index in [0.717, 1.165) is 25.0 Å². The van der Waals surface area contributed by atoms with Crippen LogP contribution in [0.15, 0.2) is 18.2 Å². The first kappa shape index (κ1) is 16.1. The van der Waals surface area contributed by atoms with Gasteiger partial charge in [0.2, 0.25) is 0 Å². The number of halogens is 3. The summed E-state index contributed by atoms with van der Waals surface area (Å²) in [5.41, 5.74) is 4.32. The summed E-state index contributed by atoms with van der Waals surface area (Å²) in [5.74, 6) is -0.860. The summed E-state index contributed by atoms with van der Waals surface area (Å²) in [7, 11) is 0. The van der Waals surface area contributed by atoms with Crippen LogP contribution in [0.4, 0.5) is 18.9 Å². The normalized spacial score (nSPS) is 11.2. The molecule has 20 heavy (non-hydrogen) atoms. The first-order valence-electron chi connectivity index (χ1n) is 6.20. The van der Waals surface area contributed by atoms with E-state index in [1.54, 1.807) is 0 Å². The Hall–Kier alpha value is -1.92. The van der Waals surface area contributed by atoms with Crippen molar-refractivity contribution in [3.63, 3.8) is 0 Å². The summed E-state index contributed by atoms with van der Waals surface area (Å²) in [5, 5.41) is 2.55. The van der Waals surface area contributed by atoms with Crippen molar-refractivity contribution in [2.75, 3.05) is 18.9 Å². The first-order chi connectivity index (χ1) is 9.34. The Bertz CT molecular complexity index is 461. The Kier molecular flexibility index (Phi) is 5.66. The van der Waals surface area contributed by atoms with E-state index in [9.17, 15) is 18.0 Å². The largest absolute Gasteiger partial charge is 0.483 e. The van der Waals surface area contributed by atoms with Crippen molar-refractivity contribution < 1.29 is 22.7 Å². The molecule has 0 fully saturated rings. The van der Waals surface area contributed by atoms with Crippen molar-refractivity contribution in [2.24, 2.45) is 0 Å². The van der Waals surface area contributed by atoms with Crippen LogP contribution in [0.1, 0.15) is 25.3 Å². The molecule has 1 aromatic rings. The molecule has 0 spiro atoms. The molecule has 7 heteroatoms. The average Bonchev–Trinajstić information content (AvgIpc) is 2.36. The van der Waals surface area contributed by atoms with Crippen LogP contribution < -0.4 is 15.8 Å². The minimum absolute atomic E-state index is 0.0166. The maximum atomic E-state index is 12.8. The molecule has 112 valence electrons. The second kappa shape index (κ2) is 7.02. The highest BCUT2D eigenvalue weighted by molar-refractivity contribution is 5.77. The van der Waals surface area contributed by atoms with Crippen molar-refractivity contribution in [2.45, 2.75) is 25.9 Å². The number of nitrogens with two attached hydrogens (primary N) is 1. The number of amides is 1. The van der Waals surface area contributed by atoms with Crippen LogP contribution in [-0.2, 0) is 11.0 Å². The van der Waals surface area contributed by atoms with Gasteiger partial charge in [-0.25, -0.2) is 0 Å². The SMILES string of the molecule is CCCCNC(=O)COc1ccc(N)cc1C(F)(F)F. The molecular weight excluding hydrogens is 273 g/mol. The third-order valence-electron chi connectivity index (χ3n) is 2.52. The van der Waals surface area contributed by atoms with Crippen LogP contribution in [0.2, 0.25) is 0 Å². The van der Waals surface area contributed by atoms with Gasteiger partial charge in [-0.3, -0.25) is 4.79 Å². The van der Waals surface area contributed by atoms with Gasteiger partial charge in [-0.05, 0) is 24.6 Å². The van der Waals surface area contributed by atoms with Crippen LogP contribution in [0.3, 0.4) is 0 Å². The average molecular weight is 290 g/mol. The summed E-state index contributed by atoms with van der Waals surface area (Å²) < 4.78 is 43.2. The van der Waals surface area contributed by atoms with Crippen LogP contribution in [0.5, 0.6) is 5.75 Å². The fraction of sp³-hybridized carbons (Fsp3) is 0.462. The van der Waals surface area contributed by atoms with E-state index in [4.69, 9.17) is 10.5 Å². The van der Waals surface area contributed by atoms with Gasteiger partial charge in [0.05, 0.1) is 5.56 Å². The maximum absolute atomic E-state index is 12.8. The molecular formula is C13H17F3N2O2. The highest BCUT2D eigenvalue weighted by Gasteiger charge is 2.34. The monoisotopic (exact) mass is 290 g/mol. The molecule has 0 unspecified atom stereocenters. The van der Waals surface area contributed by atoms with E-state index in [1.165, 1.54) is 6.07 Å². The molecule has 3 N–H and O–H groups in total. The number of rotatable bonds is 6. The fourth-order valence-corrected chi connectivity index (χ4v) is 1.49. The molecule has 0 bridgehead atoms. The lowest BCUT2D eigenvalue weighted by Crippen LogP contribution is -2.30. The topological polar surface area (TPSA) is 64.3 Å². The quantitative estimate of drug-likeness (QED) is 0.625. The van der Waals surface area contributed by atoms with Gasteiger partial charge in [-0.1, -0.05) is 13.3 Å². The molecule has 0 aliphatic heterocycles. The highest BCUT2D eigenvalue weighted by atomic mass is 19.4. The molecule has 0 aliphatic rings. The van der Waals surface area contributed by atoms with E-state index >= 15 is 0 Å². The predicted octanol–water partition coefficient (Wildman–Crippen LogP) is 2.58. The standard InChI is InChI=1S/C13H17F3N2O2/c1-2-3-6-18-12(19)8-20-11-5-4-9(17)7-10(11)13(14,15)16/h4-5,7H,2-3,6,8,17H2,1H3,(H,18,19). The molecule has 1 rings (SSSR count). The van der Waals surface area contributed by atoms with Gasteiger partial charge in [0.15, 0.2) is 6.61 Å². The molecule has 0 aromatic heterocycles. The van der Waals surface area contributed by atoms with Gasteiger partial charge in [0.25, 0.3) is 5.91 Å². The Labute approximate surface area is 115 Å². The van der Waals surface area contributed by atoms with Crippen LogP contribution in [0, 0.1) is 0 Å². The van der Waals surface area contributed by atoms with E-state index in [0.29, 0.717) is 6.54 Å². The smallest absolute Gasteiger partial charge is 0.420 e. The van der Waals surface area contributed by atoms with Gasteiger partial charge in [0, 0.05) is 12.2 Å². The molecule has 0 heterocycles. The van der Waals surface area contributed by atoms with Crippen molar-refractivity contribution in [3.8, 4) is 5.75 Å². The summed E-state index contributed by atoms with van der Waals surface area (Å²) in [6, 6.07) is 3.18. The highest BCUT2D eigenvalue weighted by Crippen LogP contribution is 2.37. The van der Waals surface area contributed by atoms with Gasteiger partial charge in [-0.15, -0.1) is 0 Å². The molecule has 0 aliphatic carbocycles. The second-order valence-corrected chi connectivity index (χ2v) is 4.25. The number of unbranched alkanes of at least 4 members (excludes halogenated alkanes) is 1. The predicted molar refractivity (Wildman–Crippen MR) is 69.3 cm³/mol. The van der Waals surface area contributed by atoms with E-state index in [-0.39, 0.29) is 5.69 Å². The number of nitrogen functional groups attached to an aromatic ring is 1. The van der Waals surface area contributed by atoms with Gasteiger partial charge >= 0.3 is 6.18 Å². The Morgan fingerprint density at radius 2 is 2.10 bits per heavy atom. The fourth-order valence-electron chi connectivity index (χ4n) is 1.49. The lowest BCUT2D eigenvalue weighted by atomic mass is 10.1. The Balaban J connectivity index is 2.66. The van der Waals surface area contributed by atoms with E-state index < -0.39 is 30.0 Å². The number of carbonyl (C=O) groups is 1. The Morgan fingerprint density at radius 3 is 2.70 bits per heavy atom. The summed E-state index contributed by atoms with van der Waals surface area (Å²) in [6.45, 7) is 1.98. The maximum Gasteiger partial charge on any atom is 0.420 e.